The summed E-state index contributed by atoms with van der Waals surface area (Å²) >= 11 is 1.70. The van der Waals surface area contributed by atoms with E-state index >= 15 is 0 Å². The lowest BCUT2D eigenvalue weighted by atomic mass is 10.1. The van der Waals surface area contributed by atoms with Crippen LogP contribution in [0.5, 0.6) is 0 Å². The van der Waals surface area contributed by atoms with E-state index in [0.29, 0.717) is 5.92 Å². The van der Waals surface area contributed by atoms with Gasteiger partial charge in [-0.15, -0.1) is 11.3 Å². The molecule has 1 aromatic heterocycles. The van der Waals surface area contributed by atoms with Gasteiger partial charge >= 0.3 is 0 Å². The van der Waals surface area contributed by atoms with Crippen molar-refractivity contribution in [1.82, 2.24) is 15.2 Å². The number of guanidine groups is 1. The van der Waals surface area contributed by atoms with Gasteiger partial charge in [0.2, 0.25) is 0 Å². The number of rotatable bonds is 5. The van der Waals surface area contributed by atoms with Crippen LogP contribution < -0.4 is 5.32 Å². The van der Waals surface area contributed by atoms with Crippen molar-refractivity contribution in [2.45, 2.75) is 12.8 Å². The molecule has 0 radical (unpaired) electrons. The first-order valence-corrected chi connectivity index (χ1v) is 7.55. The van der Waals surface area contributed by atoms with Gasteiger partial charge in [-0.25, -0.2) is 4.98 Å². The molecule has 0 aromatic carbocycles. The molecule has 0 spiro atoms. The highest BCUT2D eigenvalue weighted by molar-refractivity contribution is 7.09. The summed E-state index contributed by atoms with van der Waals surface area (Å²) in [5.74, 6) is 1.57. The Morgan fingerprint density at radius 3 is 3.21 bits per heavy atom. The first-order chi connectivity index (χ1) is 9.29. The van der Waals surface area contributed by atoms with Gasteiger partial charge in [-0.1, -0.05) is 0 Å². The maximum Gasteiger partial charge on any atom is 0.193 e. The molecule has 2 heterocycles. The minimum absolute atomic E-state index is 0.627. The zero-order valence-corrected chi connectivity index (χ0v) is 12.4. The fraction of sp³-hybridized carbons (Fsp3) is 0.692. The maximum atomic E-state index is 5.41. The van der Waals surface area contributed by atoms with Gasteiger partial charge in [-0.3, -0.25) is 4.99 Å². The van der Waals surface area contributed by atoms with Crippen LogP contribution in [0.1, 0.15) is 11.4 Å². The molecule has 1 aliphatic rings. The fourth-order valence-electron chi connectivity index (χ4n) is 2.24. The smallest absolute Gasteiger partial charge is 0.193 e. The van der Waals surface area contributed by atoms with Gasteiger partial charge in [0, 0.05) is 57.7 Å². The molecule has 19 heavy (non-hydrogen) atoms. The molecule has 0 amide bonds. The SMILES string of the molecule is CN=C(NCCc1nccs1)N(C)CC1CCOC1. The van der Waals surface area contributed by atoms with Crippen LogP contribution in [0.4, 0.5) is 0 Å². The Hall–Kier alpha value is -1.14. The van der Waals surface area contributed by atoms with Crippen molar-refractivity contribution in [3.05, 3.63) is 16.6 Å². The van der Waals surface area contributed by atoms with Crippen molar-refractivity contribution < 1.29 is 4.74 Å². The molecule has 1 fully saturated rings. The second-order valence-electron chi connectivity index (χ2n) is 4.76. The molecule has 1 atom stereocenters. The Morgan fingerprint density at radius 2 is 2.58 bits per heavy atom. The quantitative estimate of drug-likeness (QED) is 0.652. The van der Waals surface area contributed by atoms with E-state index in [9.17, 15) is 0 Å². The molecular formula is C13H22N4OS. The maximum absolute atomic E-state index is 5.41. The lowest BCUT2D eigenvalue weighted by molar-refractivity contribution is 0.181. The van der Waals surface area contributed by atoms with Crippen LogP contribution in [-0.4, -0.2) is 56.2 Å². The summed E-state index contributed by atoms with van der Waals surface area (Å²) < 4.78 is 5.41. The molecular weight excluding hydrogens is 260 g/mol. The zero-order valence-electron chi connectivity index (χ0n) is 11.6. The first kappa shape index (κ1) is 14.3. The van der Waals surface area contributed by atoms with E-state index in [0.717, 1.165) is 50.1 Å². The van der Waals surface area contributed by atoms with E-state index in [-0.39, 0.29) is 0 Å². The van der Waals surface area contributed by atoms with Crippen molar-refractivity contribution in [3.8, 4) is 0 Å². The van der Waals surface area contributed by atoms with Crippen LogP contribution in [0, 0.1) is 5.92 Å². The van der Waals surface area contributed by atoms with Gasteiger partial charge < -0.3 is 15.0 Å². The normalized spacial score (nSPS) is 19.7. The number of aromatic nitrogens is 1. The Labute approximate surface area is 118 Å². The Bertz CT molecular complexity index is 387. The van der Waals surface area contributed by atoms with E-state index < -0.39 is 0 Å². The number of hydrogen-bond donors (Lipinski definition) is 1. The van der Waals surface area contributed by atoms with E-state index in [2.05, 4.69) is 27.2 Å². The summed E-state index contributed by atoms with van der Waals surface area (Å²) in [5.41, 5.74) is 0. The summed E-state index contributed by atoms with van der Waals surface area (Å²) in [4.78, 5) is 10.8. The average Bonchev–Trinajstić information content (AvgIpc) is 3.07. The third-order valence-corrected chi connectivity index (χ3v) is 4.07. The predicted molar refractivity (Wildman–Crippen MR) is 78.7 cm³/mol. The third kappa shape index (κ3) is 4.47. The van der Waals surface area contributed by atoms with Gasteiger partial charge in [0.05, 0.1) is 11.6 Å². The Morgan fingerprint density at radius 1 is 1.68 bits per heavy atom. The van der Waals surface area contributed by atoms with Crippen molar-refractivity contribution in [2.24, 2.45) is 10.9 Å². The molecule has 0 aliphatic carbocycles. The van der Waals surface area contributed by atoms with Gasteiger partial charge in [0.25, 0.3) is 0 Å². The zero-order chi connectivity index (χ0) is 13.5. The summed E-state index contributed by atoms with van der Waals surface area (Å²) in [5, 5.41) is 6.56. The van der Waals surface area contributed by atoms with Crippen LogP contribution in [-0.2, 0) is 11.2 Å². The lowest BCUT2D eigenvalue weighted by Gasteiger charge is -2.24. The largest absolute Gasteiger partial charge is 0.381 e. The van der Waals surface area contributed by atoms with Crippen molar-refractivity contribution in [3.63, 3.8) is 0 Å². The highest BCUT2D eigenvalue weighted by Gasteiger charge is 2.18. The molecule has 5 nitrogen and oxygen atoms in total. The van der Waals surface area contributed by atoms with Crippen molar-refractivity contribution in [2.75, 3.05) is 40.4 Å². The summed E-state index contributed by atoms with van der Waals surface area (Å²) in [6.07, 6.45) is 3.94. The van der Waals surface area contributed by atoms with Crippen LogP contribution in [0.15, 0.2) is 16.6 Å². The second kappa shape index (κ2) is 7.45. The van der Waals surface area contributed by atoms with Crippen LogP contribution >= 0.6 is 11.3 Å². The Kier molecular flexibility index (Phi) is 5.60. The number of hydrogen-bond acceptors (Lipinski definition) is 4. The topological polar surface area (TPSA) is 49.8 Å². The summed E-state index contributed by atoms with van der Waals surface area (Å²) in [7, 11) is 3.91. The fourth-order valence-corrected chi connectivity index (χ4v) is 2.86. The lowest BCUT2D eigenvalue weighted by Crippen LogP contribution is -2.42. The molecule has 106 valence electrons. The minimum atomic E-state index is 0.627. The molecule has 1 N–H and O–H groups in total. The third-order valence-electron chi connectivity index (χ3n) is 3.23. The summed E-state index contributed by atoms with van der Waals surface area (Å²) in [6.45, 7) is 3.64. The standard InChI is InChI=1S/C13H22N4OS/c1-14-13(16-5-3-12-15-6-8-19-12)17(2)9-11-4-7-18-10-11/h6,8,11H,3-5,7,9-10H2,1-2H3,(H,14,16). The molecule has 1 aliphatic heterocycles. The summed E-state index contributed by atoms with van der Waals surface area (Å²) in [6, 6.07) is 0. The average molecular weight is 282 g/mol. The van der Waals surface area contributed by atoms with E-state index in [4.69, 9.17) is 4.74 Å². The highest BCUT2D eigenvalue weighted by Crippen LogP contribution is 2.13. The predicted octanol–water partition coefficient (Wildman–Crippen LogP) is 1.23. The van der Waals surface area contributed by atoms with Crippen molar-refractivity contribution >= 4 is 17.3 Å². The number of nitrogens with zero attached hydrogens (tertiary/aromatic N) is 3. The first-order valence-electron chi connectivity index (χ1n) is 6.67. The van der Waals surface area contributed by atoms with Crippen LogP contribution in [0.2, 0.25) is 0 Å². The van der Waals surface area contributed by atoms with E-state index in [1.807, 2.05) is 18.6 Å². The van der Waals surface area contributed by atoms with Gasteiger partial charge in [0.15, 0.2) is 5.96 Å². The van der Waals surface area contributed by atoms with E-state index in [1.54, 1.807) is 11.3 Å². The molecule has 2 rings (SSSR count). The minimum Gasteiger partial charge on any atom is -0.381 e. The number of thiazole rings is 1. The monoisotopic (exact) mass is 282 g/mol. The molecule has 6 heteroatoms. The molecule has 1 aromatic rings. The second-order valence-corrected chi connectivity index (χ2v) is 5.74. The van der Waals surface area contributed by atoms with Gasteiger partial charge in [0.1, 0.15) is 0 Å². The van der Waals surface area contributed by atoms with Crippen LogP contribution in [0.25, 0.3) is 0 Å². The number of nitrogens with one attached hydrogen (secondary N) is 1. The Balaban J connectivity index is 1.72. The molecule has 0 bridgehead atoms. The van der Waals surface area contributed by atoms with Gasteiger partial charge in [-0.2, -0.15) is 0 Å². The molecule has 1 unspecified atom stereocenters. The highest BCUT2D eigenvalue weighted by atomic mass is 32.1. The number of aliphatic imine (C=N–C) groups is 1. The van der Waals surface area contributed by atoms with Gasteiger partial charge in [-0.05, 0) is 6.42 Å². The molecule has 1 saturated heterocycles. The molecule has 0 saturated carbocycles. The van der Waals surface area contributed by atoms with Crippen LogP contribution in [0.3, 0.4) is 0 Å². The number of ether oxygens (including phenoxy) is 1. The van der Waals surface area contributed by atoms with E-state index in [1.165, 1.54) is 0 Å². The van der Waals surface area contributed by atoms with Crippen molar-refractivity contribution in [1.29, 1.82) is 0 Å².